The average Bonchev–Trinajstić information content (AvgIpc) is 2.33. The minimum Gasteiger partial charge on any atom is -0.378 e. The number of amides is 1. The molecule has 0 aromatic rings. The van der Waals surface area contributed by atoms with Gasteiger partial charge in [-0.15, -0.1) is 0 Å². The lowest BCUT2D eigenvalue weighted by atomic mass is 9.91. The maximum Gasteiger partial charge on any atom is 0.239 e. The molecule has 16 heavy (non-hydrogen) atoms. The van der Waals surface area contributed by atoms with Crippen molar-refractivity contribution in [3.8, 4) is 0 Å². The van der Waals surface area contributed by atoms with Crippen LogP contribution >= 0.6 is 0 Å². The van der Waals surface area contributed by atoms with Gasteiger partial charge < -0.3 is 21.1 Å². The summed E-state index contributed by atoms with van der Waals surface area (Å²) in [6, 6.07) is 0.449. The van der Waals surface area contributed by atoms with Crippen LogP contribution in [0.2, 0.25) is 0 Å². The van der Waals surface area contributed by atoms with Crippen LogP contribution in [0.5, 0.6) is 0 Å². The van der Waals surface area contributed by atoms with Crippen LogP contribution in [-0.2, 0) is 9.53 Å². The van der Waals surface area contributed by atoms with E-state index in [2.05, 4.69) is 10.6 Å². The number of morpholine rings is 1. The molecule has 2 rings (SSSR count). The van der Waals surface area contributed by atoms with Crippen LogP contribution in [0.3, 0.4) is 0 Å². The Kier molecular flexibility index (Phi) is 4.15. The molecule has 1 aliphatic carbocycles. The van der Waals surface area contributed by atoms with E-state index in [4.69, 9.17) is 10.5 Å². The maximum atomic E-state index is 11.9. The highest BCUT2D eigenvalue weighted by Gasteiger charge is 2.25. The molecule has 5 nitrogen and oxygen atoms in total. The van der Waals surface area contributed by atoms with Gasteiger partial charge in [0, 0.05) is 18.6 Å². The van der Waals surface area contributed by atoms with Crippen molar-refractivity contribution >= 4 is 5.91 Å². The van der Waals surface area contributed by atoms with Crippen LogP contribution in [0.15, 0.2) is 0 Å². The Morgan fingerprint density at radius 2 is 2.06 bits per heavy atom. The fraction of sp³-hybridized carbons (Fsp3) is 0.909. The Bertz CT molecular complexity index is 233. The topological polar surface area (TPSA) is 76.4 Å². The third-order valence-corrected chi connectivity index (χ3v) is 3.36. The highest BCUT2D eigenvalue weighted by atomic mass is 16.5. The number of carbonyl (C=O) groups excluding carboxylic acids is 1. The normalized spacial score (nSPS) is 35.7. The highest BCUT2D eigenvalue weighted by Crippen LogP contribution is 2.16. The molecule has 0 aromatic carbocycles. The third-order valence-electron chi connectivity index (χ3n) is 3.36. The Morgan fingerprint density at radius 1 is 1.31 bits per heavy atom. The molecule has 0 spiro atoms. The van der Waals surface area contributed by atoms with E-state index >= 15 is 0 Å². The Balaban J connectivity index is 1.73. The molecule has 0 bridgehead atoms. The van der Waals surface area contributed by atoms with E-state index in [9.17, 15) is 4.79 Å². The van der Waals surface area contributed by atoms with E-state index in [1.54, 1.807) is 0 Å². The van der Waals surface area contributed by atoms with Gasteiger partial charge in [0.2, 0.25) is 5.91 Å². The summed E-state index contributed by atoms with van der Waals surface area (Å²) in [6.45, 7) is 1.94. The van der Waals surface area contributed by atoms with Crippen molar-refractivity contribution in [3.05, 3.63) is 0 Å². The van der Waals surface area contributed by atoms with Gasteiger partial charge in [-0.05, 0) is 25.7 Å². The van der Waals surface area contributed by atoms with Crippen LogP contribution in [-0.4, -0.2) is 43.8 Å². The summed E-state index contributed by atoms with van der Waals surface area (Å²) in [5.74, 6) is 0.0696. The van der Waals surface area contributed by atoms with Crippen molar-refractivity contribution < 1.29 is 9.53 Å². The molecular weight excluding hydrogens is 206 g/mol. The molecule has 0 radical (unpaired) electrons. The second-order valence-corrected chi connectivity index (χ2v) is 4.70. The maximum absolute atomic E-state index is 11.9. The highest BCUT2D eigenvalue weighted by molar-refractivity contribution is 5.82. The van der Waals surface area contributed by atoms with Crippen LogP contribution in [0.25, 0.3) is 0 Å². The summed E-state index contributed by atoms with van der Waals surface area (Å²) in [7, 11) is 0. The fourth-order valence-electron chi connectivity index (χ4n) is 2.30. The zero-order chi connectivity index (χ0) is 11.4. The number of hydrogen-bond donors (Lipinski definition) is 3. The van der Waals surface area contributed by atoms with Gasteiger partial charge >= 0.3 is 0 Å². The molecule has 1 atom stereocenters. The quantitative estimate of drug-likeness (QED) is 0.586. The molecular formula is C11H21N3O2. The van der Waals surface area contributed by atoms with E-state index in [1.807, 2.05) is 0 Å². The second kappa shape index (κ2) is 5.61. The predicted molar refractivity (Wildman–Crippen MR) is 61.0 cm³/mol. The lowest BCUT2D eigenvalue weighted by Gasteiger charge is -2.29. The molecule has 1 aliphatic heterocycles. The molecule has 1 amide bonds. The standard InChI is InChI=1S/C11H21N3O2/c12-8-1-3-9(4-2-8)14-11(15)10-7-16-6-5-13-10/h8-10,13H,1-7,12H2,(H,14,15). The zero-order valence-corrected chi connectivity index (χ0v) is 9.58. The molecule has 5 heteroatoms. The summed E-state index contributed by atoms with van der Waals surface area (Å²) in [5.41, 5.74) is 5.83. The first-order valence-electron chi connectivity index (χ1n) is 6.13. The van der Waals surface area contributed by atoms with Gasteiger partial charge in [-0.1, -0.05) is 0 Å². The van der Waals surface area contributed by atoms with Gasteiger partial charge in [-0.25, -0.2) is 0 Å². The fourth-order valence-corrected chi connectivity index (χ4v) is 2.30. The average molecular weight is 227 g/mol. The summed E-state index contributed by atoms with van der Waals surface area (Å²) in [5, 5.41) is 6.23. The second-order valence-electron chi connectivity index (χ2n) is 4.70. The SMILES string of the molecule is NC1CCC(NC(=O)C2COCCN2)CC1. The van der Waals surface area contributed by atoms with Gasteiger partial charge in [-0.3, -0.25) is 4.79 Å². The molecule has 4 N–H and O–H groups in total. The largest absolute Gasteiger partial charge is 0.378 e. The van der Waals surface area contributed by atoms with Gasteiger partial charge in [0.25, 0.3) is 0 Å². The lowest BCUT2D eigenvalue weighted by molar-refractivity contribution is -0.126. The van der Waals surface area contributed by atoms with Crippen molar-refractivity contribution in [3.63, 3.8) is 0 Å². The van der Waals surface area contributed by atoms with Crippen molar-refractivity contribution in [1.29, 1.82) is 0 Å². The van der Waals surface area contributed by atoms with Crippen molar-refractivity contribution in [2.45, 2.75) is 43.8 Å². The first-order valence-corrected chi connectivity index (χ1v) is 6.13. The summed E-state index contributed by atoms with van der Waals surface area (Å²) >= 11 is 0. The number of rotatable bonds is 2. The molecule has 1 saturated carbocycles. The van der Waals surface area contributed by atoms with Crippen molar-refractivity contribution in [2.75, 3.05) is 19.8 Å². The van der Waals surface area contributed by atoms with Gasteiger partial charge in [0.1, 0.15) is 6.04 Å². The Labute approximate surface area is 96.1 Å². The molecule has 1 unspecified atom stereocenters. The molecule has 2 fully saturated rings. The van der Waals surface area contributed by atoms with E-state index in [0.717, 1.165) is 32.2 Å². The summed E-state index contributed by atoms with van der Waals surface area (Å²) in [6.07, 6.45) is 4.03. The minimum absolute atomic E-state index is 0.0696. The first-order chi connectivity index (χ1) is 7.75. The molecule has 92 valence electrons. The number of ether oxygens (including phenoxy) is 1. The Morgan fingerprint density at radius 3 is 2.69 bits per heavy atom. The van der Waals surface area contributed by atoms with Crippen molar-refractivity contribution in [2.24, 2.45) is 5.73 Å². The van der Waals surface area contributed by atoms with Crippen molar-refractivity contribution in [1.82, 2.24) is 10.6 Å². The summed E-state index contributed by atoms with van der Waals surface area (Å²) in [4.78, 5) is 11.9. The van der Waals surface area contributed by atoms with E-state index in [-0.39, 0.29) is 11.9 Å². The third kappa shape index (κ3) is 3.17. The number of hydrogen-bond acceptors (Lipinski definition) is 4. The zero-order valence-electron chi connectivity index (χ0n) is 9.58. The van der Waals surface area contributed by atoms with Crippen LogP contribution in [0, 0.1) is 0 Å². The summed E-state index contributed by atoms with van der Waals surface area (Å²) < 4.78 is 5.27. The molecule has 2 aliphatic rings. The van der Waals surface area contributed by atoms with Crippen LogP contribution in [0.4, 0.5) is 0 Å². The number of nitrogens with two attached hydrogens (primary N) is 1. The number of nitrogens with one attached hydrogen (secondary N) is 2. The number of carbonyl (C=O) groups is 1. The van der Waals surface area contributed by atoms with Crippen LogP contribution < -0.4 is 16.4 Å². The smallest absolute Gasteiger partial charge is 0.239 e. The Hall–Kier alpha value is -0.650. The molecule has 0 aromatic heterocycles. The van der Waals surface area contributed by atoms with Gasteiger partial charge in [0.15, 0.2) is 0 Å². The predicted octanol–water partition coefficient (Wildman–Crippen LogP) is -0.639. The molecule has 1 saturated heterocycles. The van der Waals surface area contributed by atoms with E-state index in [1.165, 1.54) is 0 Å². The van der Waals surface area contributed by atoms with Gasteiger partial charge in [0.05, 0.1) is 13.2 Å². The monoisotopic (exact) mass is 227 g/mol. The van der Waals surface area contributed by atoms with E-state index in [0.29, 0.717) is 25.3 Å². The lowest BCUT2D eigenvalue weighted by Crippen LogP contribution is -2.54. The first kappa shape index (κ1) is 11.8. The van der Waals surface area contributed by atoms with E-state index < -0.39 is 0 Å². The van der Waals surface area contributed by atoms with Gasteiger partial charge in [-0.2, -0.15) is 0 Å². The van der Waals surface area contributed by atoms with Crippen LogP contribution in [0.1, 0.15) is 25.7 Å². The molecule has 1 heterocycles. The minimum atomic E-state index is -0.177.